The Hall–Kier alpha value is -3.22. The molecule has 0 fully saturated rings. The van der Waals surface area contributed by atoms with Gasteiger partial charge in [0.2, 0.25) is 5.43 Å². The molecule has 0 atom stereocenters. The number of aromatic nitrogens is 4. The fourth-order valence-corrected chi connectivity index (χ4v) is 2.37. The van der Waals surface area contributed by atoms with Gasteiger partial charge in [0.15, 0.2) is 5.82 Å². The van der Waals surface area contributed by atoms with Crippen LogP contribution in [0.25, 0.3) is 33.1 Å². The van der Waals surface area contributed by atoms with Crippen molar-refractivity contribution in [3.8, 4) is 17.1 Å². The minimum atomic E-state index is -0.258. The van der Waals surface area contributed by atoms with Crippen molar-refractivity contribution >= 4 is 21.7 Å². The molecule has 2 aromatic heterocycles. The summed E-state index contributed by atoms with van der Waals surface area (Å²) in [6.07, 6.45) is 1.32. The first kappa shape index (κ1) is 11.6. The zero-order chi connectivity index (χ0) is 14.4. The first-order valence-corrected chi connectivity index (χ1v) is 6.15. The second-order valence-corrected chi connectivity index (χ2v) is 4.57. The van der Waals surface area contributed by atoms with E-state index < -0.39 is 0 Å². The number of aromatic hydroxyl groups is 1. The summed E-state index contributed by atoms with van der Waals surface area (Å²) in [5.74, 6) is 0.323. The lowest BCUT2D eigenvalue weighted by atomic mass is 10.0. The van der Waals surface area contributed by atoms with E-state index in [1.807, 2.05) is 6.07 Å². The lowest BCUT2D eigenvalue weighted by molar-refractivity contribution is 0.476. The van der Waals surface area contributed by atoms with E-state index >= 15 is 0 Å². The molecular formula is C14H8N4O3. The first-order valence-electron chi connectivity index (χ1n) is 6.15. The predicted molar refractivity (Wildman–Crippen MR) is 74.8 cm³/mol. The van der Waals surface area contributed by atoms with Gasteiger partial charge < -0.3 is 9.52 Å². The van der Waals surface area contributed by atoms with Gasteiger partial charge in [0, 0.05) is 5.39 Å². The van der Waals surface area contributed by atoms with Crippen molar-refractivity contribution in [2.45, 2.75) is 0 Å². The van der Waals surface area contributed by atoms with Gasteiger partial charge in [-0.25, -0.2) is 5.10 Å². The third kappa shape index (κ3) is 1.68. The van der Waals surface area contributed by atoms with Crippen LogP contribution in [0.15, 0.2) is 45.8 Å². The van der Waals surface area contributed by atoms with Gasteiger partial charge in [-0.3, -0.25) is 4.79 Å². The van der Waals surface area contributed by atoms with Crippen molar-refractivity contribution in [3.05, 3.63) is 46.8 Å². The first-order chi connectivity index (χ1) is 10.2. The Morgan fingerprint density at radius 3 is 2.86 bits per heavy atom. The van der Waals surface area contributed by atoms with Gasteiger partial charge in [-0.1, -0.05) is 12.1 Å². The Bertz CT molecular complexity index is 1020. The van der Waals surface area contributed by atoms with Crippen LogP contribution in [0.3, 0.4) is 0 Å². The standard InChI is InChI=1S/C14H8N4O3/c19-8-3-1-7-2-4-11-12(9(7)5-8)13(20)10(6-21-11)14-15-17-18-16-14/h1-6,19H,(H,15,16,17,18). The Morgan fingerprint density at radius 1 is 1.19 bits per heavy atom. The number of tetrazole rings is 1. The van der Waals surface area contributed by atoms with Crippen LogP contribution in [0.5, 0.6) is 5.75 Å². The molecule has 2 N–H and O–H groups in total. The summed E-state index contributed by atoms with van der Waals surface area (Å²) in [5.41, 5.74) is 0.420. The van der Waals surface area contributed by atoms with Crippen LogP contribution < -0.4 is 5.43 Å². The average molecular weight is 280 g/mol. The van der Waals surface area contributed by atoms with Crippen LogP contribution in [-0.4, -0.2) is 25.7 Å². The number of H-pyrrole nitrogens is 1. The second-order valence-electron chi connectivity index (χ2n) is 4.57. The van der Waals surface area contributed by atoms with Gasteiger partial charge in [0.25, 0.3) is 0 Å². The maximum Gasteiger partial charge on any atom is 0.204 e. The Labute approximate surface area is 116 Å². The summed E-state index contributed by atoms with van der Waals surface area (Å²) in [6.45, 7) is 0. The minimum Gasteiger partial charge on any atom is -0.508 e. The average Bonchev–Trinajstić information content (AvgIpc) is 3.01. The number of nitrogens with one attached hydrogen (secondary N) is 1. The van der Waals surface area contributed by atoms with Gasteiger partial charge in [-0.15, -0.1) is 5.10 Å². The highest BCUT2D eigenvalue weighted by Crippen LogP contribution is 2.27. The van der Waals surface area contributed by atoms with Crippen molar-refractivity contribution < 1.29 is 9.52 Å². The Balaban J connectivity index is 2.19. The van der Waals surface area contributed by atoms with Gasteiger partial charge in [0.05, 0.1) is 5.39 Å². The normalized spacial score (nSPS) is 11.2. The van der Waals surface area contributed by atoms with E-state index in [9.17, 15) is 9.90 Å². The molecule has 2 heterocycles. The predicted octanol–water partition coefficient (Wildman–Crippen LogP) is 1.83. The highest BCUT2D eigenvalue weighted by Gasteiger charge is 2.14. The third-order valence-electron chi connectivity index (χ3n) is 3.34. The van der Waals surface area contributed by atoms with Gasteiger partial charge in [0.1, 0.15) is 23.2 Å². The number of phenolic OH excluding ortho intramolecular Hbond substituents is 1. The van der Waals surface area contributed by atoms with Crippen LogP contribution >= 0.6 is 0 Å². The largest absolute Gasteiger partial charge is 0.508 e. The van der Waals surface area contributed by atoms with E-state index in [4.69, 9.17) is 4.42 Å². The molecule has 0 bridgehead atoms. The van der Waals surface area contributed by atoms with Crippen LogP contribution in [0.1, 0.15) is 0 Å². The van der Waals surface area contributed by atoms with Crippen molar-refractivity contribution in [1.29, 1.82) is 0 Å². The van der Waals surface area contributed by atoms with E-state index in [-0.39, 0.29) is 22.6 Å². The molecule has 0 aliphatic heterocycles. The minimum absolute atomic E-state index is 0.0844. The van der Waals surface area contributed by atoms with Crippen molar-refractivity contribution in [2.24, 2.45) is 0 Å². The monoisotopic (exact) mass is 280 g/mol. The zero-order valence-corrected chi connectivity index (χ0v) is 10.6. The number of hydrogen-bond donors (Lipinski definition) is 2. The number of fused-ring (bicyclic) bond motifs is 3. The highest BCUT2D eigenvalue weighted by molar-refractivity contribution is 6.06. The Kier molecular flexibility index (Phi) is 2.28. The van der Waals surface area contributed by atoms with E-state index in [1.165, 1.54) is 12.3 Å². The van der Waals surface area contributed by atoms with Crippen LogP contribution in [-0.2, 0) is 0 Å². The molecule has 0 amide bonds. The van der Waals surface area contributed by atoms with Crippen LogP contribution in [0, 0.1) is 0 Å². The molecule has 21 heavy (non-hydrogen) atoms. The van der Waals surface area contributed by atoms with E-state index in [2.05, 4.69) is 20.6 Å². The SMILES string of the molecule is O=c1c(-c2nnn[nH]2)coc2ccc3ccc(O)cc3c12. The Morgan fingerprint density at radius 2 is 2.05 bits per heavy atom. The molecule has 4 rings (SSSR count). The van der Waals surface area contributed by atoms with Crippen molar-refractivity contribution in [1.82, 2.24) is 20.6 Å². The lowest BCUT2D eigenvalue weighted by Crippen LogP contribution is -2.06. The number of phenols is 1. The fourth-order valence-electron chi connectivity index (χ4n) is 2.37. The molecule has 102 valence electrons. The number of benzene rings is 2. The maximum atomic E-state index is 12.7. The molecule has 0 aliphatic carbocycles. The molecular weight excluding hydrogens is 272 g/mol. The quantitative estimate of drug-likeness (QED) is 0.515. The van der Waals surface area contributed by atoms with Crippen LogP contribution in [0.4, 0.5) is 0 Å². The molecule has 7 nitrogen and oxygen atoms in total. The smallest absolute Gasteiger partial charge is 0.204 e. The number of hydrogen-bond acceptors (Lipinski definition) is 6. The second kappa shape index (κ2) is 4.14. The molecule has 0 radical (unpaired) electrons. The summed E-state index contributed by atoms with van der Waals surface area (Å²) >= 11 is 0. The van der Waals surface area contributed by atoms with E-state index in [1.54, 1.807) is 18.2 Å². The van der Waals surface area contributed by atoms with Crippen molar-refractivity contribution in [2.75, 3.05) is 0 Å². The molecule has 0 saturated heterocycles. The lowest BCUT2D eigenvalue weighted by Gasteiger charge is -2.04. The topological polar surface area (TPSA) is 105 Å². The molecule has 0 saturated carbocycles. The summed E-state index contributed by atoms with van der Waals surface area (Å²) in [7, 11) is 0. The van der Waals surface area contributed by atoms with Crippen LogP contribution in [0.2, 0.25) is 0 Å². The summed E-state index contributed by atoms with van der Waals surface area (Å²) in [4.78, 5) is 12.7. The molecule has 0 unspecified atom stereocenters. The van der Waals surface area contributed by atoms with E-state index in [0.29, 0.717) is 16.4 Å². The molecule has 7 heteroatoms. The fraction of sp³-hybridized carbons (Fsp3) is 0. The number of rotatable bonds is 1. The summed E-state index contributed by atoms with van der Waals surface area (Å²) in [6, 6.07) is 8.40. The molecule has 4 aromatic rings. The molecule has 0 spiro atoms. The highest BCUT2D eigenvalue weighted by atomic mass is 16.3. The van der Waals surface area contributed by atoms with E-state index in [0.717, 1.165) is 5.39 Å². The summed E-state index contributed by atoms with van der Waals surface area (Å²) < 4.78 is 5.50. The summed E-state index contributed by atoms with van der Waals surface area (Å²) in [5, 5.41) is 24.7. The van der Waals surface area contributed by atoms with Crippen molar-refractivity contribution in [3.63, 3.8) is 0 Å². The van der Waals surface area contributed by atoms with Gasteiger partial charge in [-0.2, -0.15) is 0 Å². The van der Waals surface area contributed by atoms with Gasteiger partial charge >= 0.3 is 0 Å². The molecule has 0 aliphatic rings. The molecule has 2 aromatic carbocycles. The van der Waals surface area contributed by atoms with Gasteiger partial charge in [-0.05, 0) is 34.0 Å². The maximum absolute atomic E-state index is 12.7. The zero-order valence-electron chi connectivity index (χ0n) is 10.6. The number of nitrogens with zero attached hydrogens (tertiary/aromatic N) is 3. The third-order valence-corrected chi connectivity index (χ3v) is 3.34. The number of aromatic amines is 1.